The van der Waals surface area contributed by atoms with Crippen molar-refractivity contribution < 1.29 is 4.74 Å². The summed E-state index contributed by atoms with van der Waals surface area (Å²) in [6, 6.07) is 16.0. The molecule has 0 aliphatic carbocycles. The maximum Gasteiger partial charge on any atom is 0.326 e. The lowest BCUT2D eigenvalue weighted by Crippen LogP contribution is -2.17. The van der Waals surface area contributed by atoms with E-state index >= 15 is 0 Å². The van der Waals surface area contributed by atoms with Gasteiger partial charge in [-0.1, -0.05) is 47.7 Å². The van der Waals surface area contributed by atoms with Gasteiger partial charge in [-0.25, -0.2) is 4.79 Å². The van der Waals surface area contributed by atoms with Crippen LogP contribution in [0.1, 0.15) is 12.0 Å². The summed E-state index contributed by atoms with van der Waals surface area (Å²) in [4.78, 5) is 15.1. The van der Waals surface area contributed by atoms with Gasteiger partial charge in [-0.05, 0) is 31.5 Å². The fraction of sp³-hybridized carbons (Fsp3) is 0.318. The molecule has 2 heterocycles. The minimum atomic E-state index is -0.0637. The van der Waals surface area contributed by atoms with Gasteiger partial charge in [0.15, 0.2) is 11.0 Å². The van der Waals surface area contributed by atoms with Crippen LogP contribution in [-0.4, -0.2) is 43.8 Å². The van der Waals surface area contributed by atoms with Crippen LogP contribution in [0.25, 0.3) is 22.4 Å². The van der Waals surface area contributed by atoms with E-state index in [0.717, 1.165) is 39.8 Å². The molecule has 8 heteroatoms. The topological polar surface area (TPSA) is 77.7 Å². The fourth-order valence-corrected chi connectivity index (χ4v) is 4.38. The molecule has 0 aliphatic rings. The third-order valence-corrected chi connectivity index (χ3v) is 6.00. The average molecular weight is 424 g/mol. The number of hydrogen-bond acceptors (Lipinski definition) is 5. The number of imidazole rings is 1. The molecule has 4 rings (SSSR count). The lowest BCUT2D eigenvalue weighted by Gasteiger charge is -2.10. The van der Waals surface area contributed by atoms with Crippen LogP contribution >= 0.6 is 11.8 Å². The van der Waals surface area contributed by atoms with Gasteiger partial charge in [0.05, 0.1) is 24.2 Å². The van der Waals surface area contributed by atoms with Crippen LogP contribution in [-0.2, 0) is 17.8 Å². The Balaban J connectivity index is 1.46. The number of benzene rings is 2. The van der Waals surface area contributed by atoms with Crippen LogP contribution in [0.2, 0.25) is 0 Å². The Morgan fingerprint density at radius 3 is 2.77 bits per heavy atom. The Hall–Kier alpha value is -2.84. The second-order valence-corrected chi connectivity index (χ2v) is 8.18. The van der Waals surface area contributed by atoms with Crippen molar-refractivity contribution in [2.75, 3.05) is 19.5 Å². The first-order chi connectivity index (χ1) is 14.7. The molecule has 7 nitrogen and oxygen atoms in total. The van der Waals surface area contributed by atoms with Crippen molar-refractivity contribution in [3.05, 3.63) is 64.6 Å². The first-order valence-electron chi connectivity index (χ1n) is 9.97. The molecule has 4 aromatic rings. The summed E-state index contributed by atoms with van der Waals surface area (Å²) < 4.78 is 9.19. The molecule has 0 saturated heterocycles. The van der Waals surface area contributed by atoms with E-state index in [-0.39, 0.29) is 5.69 Å². The first kappa shape index (κ1) is 20.4. The van der Waals surface area contributed by atoms with Crippen molar-refractivity contribution in [2.24, 2.45) is 0 Å². The number of para-hydroxylation sites is 2. The molecule has 0 spiro atoms. The normalized spacial score (nSPS) is 11.4. The molecule has 30 heavy (non-hydrogen) atoms. The molecular formula is C22H25N5O2S. The Labute approximate surface area is 179 Å². The summed E-state index contributed by atoms with van der Waals surface area (Å²) in [7, 11) is 1.70. The summed E-state index contributed by atoms with van der Waals surface area (Å²) >= 11 is 1.66. The van der Waals surface area contributed by atoms with E-state index in [9.17, 15) is 4.79 Å². The number of aryl methyl sites for hydroxylation is 2. The molecule has 0 bridgehead atoms. The van der Waals surface area contributed by atoms with Crippen molar-refractivity contribution in [1.29, 1.82) is 0 Å². The van der Waals surface area contributed by atoms with Crippen LogP contribution in [0.4, 0.5) is 0 Å². The number of nitrogens with zero attached hydrogens (tertiary/aromatic N) is 4. The van der Waals surface area contributed by atoms with E-state index in [1.807, 2.05) is 30.3 Å². The van der Waals surface area contributed by atoms with Crippen molar-refractivity contribution in [3.8, 4) is 11.4 Å². The molecule has 0 atom stereocenters. The van der Waals surface area contributed by atoms with E-state index in [1.54, 1.807) is 23.4 Å². The van der Waals surface area contributed by atoms with Crippen LogP contribution in [0, 0.1) is 6.92 Å². The minimum Gasteiger partial charge on any atom is -0.383 e. The van der Waals surface area contributed by atoms with Crippen LogP contribution in [0.3, 0.4) is 0 Å². The SMILES string of the molecule is COCCn1c(SCCCn2c(=O)[nH]c3ccccc32)nnc1-c1cccc(C)c1. The molecule has 2 aromatic carbocycles. The zero-order valence-electron chi connectivity index (χ0n) is 17.2. The van der Waals surface area contributed by atoms with E-state index in [4.69, 9.17) is 4.74 Å². The van der Waals surface area contributed by atoms with Crippen molar-refractivity contribution in [3.63, 3.8) is 0 Å². The number of ether oxygens (including phenoxy) is 1. The Morgan fingerprint density at radius 1 is 1.07 bits per heavy atom. The van der Waals surface area contributed by atoms with Crippen LogP contribution < -0.4 is 5.69 Å². The van der Waals surface area contributed by atoms with E-state index in [0.29, 0.717) is 19.7 Å². The Morgan fingerprint density at radius 2 is 1.93 bits per heavy atom. The quantitative estimate of drug-likeness (QED) is 0.328. The van der Waals surface area contributed by atoms with E-state index in [1.165, 1.54) is 5.56 Å². The predicted octanol–water partition coefficient (Wildman–Crippen LogP) is 3.73. The zero-order chi connectivity index (χ0) is 20.9. The zero-order valence-corrected chi connectivity index (χ0v) is 18.0. The number of aromatic nitrogens is 5. The van der Waals surface area contributed by atoms with Gasteiger partial charge in [-0.2, -0.15) is 0 Å². The maximum atomic E-state index is 12.2. The Bertz CT molecular complexity index is 1190. The number of rotatable bonds is 9. The smallest absolute Gasteiger partial charge is 0.326 e. The molecule has 0 amide bonds. The monoisotopic (exact) mass is 423 g/mol. The van der Waals surface area contributed by atoms with Crippen LogP contribution in [0.5, 0.6) is 0 Å². The molecule has 0 aliphatic heterocycles. The van der Waals surface area contributed by atoms with Crippen molar-refractivity contribution >= 4 is 22.8 Å². The highest BCUT2D eigenvalue weighted by atomic mass is 32.2. The number of hydrogen-bond donors (Lipinski definition) is 1. The highest BCUT2D eigenvalue weighted by molar-refractivity contribution is 7.99. The predicted molar refractivity (Wildman–Crippen MR) is 120 cm³/mol. The first-order valence-corrected chi connectivity index (χ1v) is 11.0. The Kier molecular flexibility index (Phi) is 6.35. The number of H-pyrrole nitrogens is 1. The molecule has 2 aromatic heterocycles. The average Bonchev–Trinajstić information content (AvgIpc) is 3.29. The summed E-state index contributed by atoms with van der Waals surface area (Å²) in [5.41, 5.74) is 3.99. The molecule has 0 fully saturated rings. The fourth-order valence-electron chi connectivity index (χ4n) is 3.49. The molecular weight excluding hydrogens is 398 g/mol. The van der Waals surface area contributed by atoms with Gasteiger partial charge in [0.2, 0.25) is 0 Å². The van der Waals surface area contributed by atoms with Gasteiger partial charge in [-0.3, -0.25) is 9.13 Å². The number of thioether (sulfide) groups is 1. The molecule has 0 radical (unpaired) electrons. The highest BCUT2D eigenvalue weighted by Crippen LogP contribution is 2.25. The third kappa shape index (κ3) is 4.34. The third-order valence-electron chi connectivity index (χ3n) is 4.95. The van der Waals surface area contributed by atoms with Gasteiger partial charge in [0, 0.05) is 25.0 Å². The van der Waals surface area contributed by atoms with E-state index < -0.39 is 0 Å². The summed E-state index contributed by atoms with van der Waals surface area (Å²) in [5, 5.41) is 9.73. The van der Waals surface area contributed by atoms with E-state index in [2.05, 4.69) is 44.9 Å². The summed E-state index contributed by atoms with van der Waals surface area (Å²) in [6.07, 6.45) is 0.851. The van der Waals surface area contributed by atoms with Crippen LogP contribution in [0.15, 0.2) is 58.5 Å². The lowest BCUT2D eigenvalue weighted by molar-refractivity contribution is 0.185. The van der Waals surface area contributed by atoms with Gasteiger partial charge < -0.3 is 9.72 Å². The number of aromatic amines is 1. The maximum absolute atomic E-state index is 12.2. The molecule has 156 valence electrons. The molecule has 1 N–H and O–H groups in total. The largest absolute Gasteiger partial charge is 0.383 e. The standard InChI is InChI=1S/C22H25N5O2S/c1-16-7-5-8-17(15-16)20-24-25-22(27(20)12-13-29-2)30-14-6-11-26-19-10-4-3-9-18(19)23-21(26)28/h3-5,7-10,15H,6,11-14H2,1-2H3,(H,23,28). The van der Waals surface area contributed by atoms with Gasteiger partial charge >= 0.3 is 5.69 Å². The van der Waals surface area contributed by atoms with Gasteiger partial charge in [-0.15, -0.1) is 10.2 Å². The minimum absolute atomic E-state index is 0.0637. The summed E-state index contributed by atoms with van der Waals surface area (Å²) in [6.45, 7) is 4.01. The molecule has 0 saturated carbocycles. The summed E-state index contributed by atoms with van der Waals surface area (Å²) in [5.74, 6) is 1.69. The second-order valence-electron chi connectivity index (χ2n) is 7.12. The molecule has 0 unspecified atom stereocenters. The number of fused-ring (bicyclic) bond motifs is 1. The lowest BCUT2D eigenvalue weighted by atomic mass is 10.1. The number of nitrogens with one attached hydrogen (secondary N) is 1. The highest BCUT2D eigenvalue weighted by Gasteiger charge is 2.14. The van der Waals surface area contributed by atoms with Crippen molar-refractivity contribution in [2.45, 2.75) is 31.6 Å². The van der Waals surface area contributed by atoms with Gasteiger partial charge in [0.1, 0.15) is 0 Å². The van der Waals surface area contributed by atoms with Gasteiger partial charge in [0.25, 0.3) is 0 Å². The van der Waals surface area contributed by atoms with Crippen molar-refractivity contribution in [1.82, 2.24) is 24.3 Å². The number of methoxy groups -OCH3 is 1. The second kappa shape index (κ2) is 9.32.